The number of ether oxygens (including phenoxy) is 1. The summed E-state index contributed by atoms with van der Waals surface area (Å²) in [5, 5.41) is 0. The number of allylic oxidation sites excluding steroid dienone is 4. The number of nitrogen functional groups attached to an aromatic ring is 1. The molecule has 3 N–H and O–H groups in total. The maximum atomic E-state index is 12.1. The Kier molecular flexibility index (Phi) is 15.3. The zero-order valence-electron chi connectivity index (χ0n) is 21.8. The Labute approximate surface area is 215 Å². The van der Waals surface area contributed by atoms with Crippen LogP contribution in [0.4, 0.5) is 5.82 Å². The molecule has 2 aromatic heterocycles. The van der Waals surface area contributed by atoms with Crippen molar-refractivity contribution in [1.29, 1.82) is 0 Å². The fourth-order valence-corrected chi connectivity index (χ4v) is 4.59. The van der Waals surface area contributed by atoms with Gasteiger partial charge in [0.05, 0.1) is 19.5 Å². The van der Waals surface area contributed by atoms with Crippen molar-refractivity contribution >= 4 is 24.6 Å². The van der Waals surface area contributed by atoms with Crippen LogP contribution in [-0.4, -0.2) is 44.0 Å². The molecule has 0 fully saturated rings. The van der Waals surface area contributed by atoms with Crippen molar-refractivity contribution < 1.29 is 18.7 Å². The fraction of sp³-hybridized carbons (Fsp3) is 0.654. The Morgan fingerprint density at radius 1 is 0.944 bits per heavy atom. The molecule has 0 aromatic carbocycles. The van der Waals surface area contributed by atoms with Crippen molar-refractivity contribution in [2.45, 2.75) is 90.5 Å². The number of unbranched alkanes of at least 4 members (excludes halogenated alkanes) is 9. The van der Waals surface area contributed by atoms with Crippen molar-refractivity contribution in [1.82, 2.24) is 19.5 Å². The van der Waals surface area contributed by atoms with Crippen LogP contribution in [-0.2, 0) is 20.4 Å². The summed E-state index contributed by atoms with van der Waals surface area (Å²) >= 11 is 0. The third kappa shape index (κ3) is 12.8. The van der Waals surface area contributed by atoms with E-state index < -0.39 is 7.60 Å². The summed E-state index contributed by atoms with van der Waals surface area (Å²) in [5.41, 5.74) is 6.90. The molecule has 0 saturated carbocycles. The summed E-state index contributed by atoms with van der Waals surface area (Å²) in [5.74, 6) is 0.317. The second kappa shape index (κ2) is 18.2. The molecule has 1 atom stereocenters. The van der Waals surface area contributed by atoms with Gasteiger partial charge in [-0.15, -0.1) is 0 Å². The van der Waals surface area contributed by atoms with E-state index in [4.69, 9.17) is 15.0 Å². The van der Waals surface area contributed by atoms with Crippen LogP contribution < -0.4 is 5.73 Å². The smallest absolute Gasteiger partial charge is 0.353 e. The van der Waals surface area contributed by atoms with Crippen LogP contribution in [0.5, 0.6) is 0 Å². The Morgan fingerprint density at radius 2 is 1.64 bits per heavy atom. The van der Waals surface area contributed by atoms with Crippen molar-refractivity contribution in [2.24, 2.45) is 0 Å². The van der Waals surface area contributed by atoms with Gasteiger partial charge in [0.2, 0.25) is 0 Å². The molecule has 0 amide bonds. The zero-order valence-corrected chi connectivity index (χ0v) is 22.7. The third-order valence-electron chi connectivity index (χ3n) is 5.80. The Morgan fingerprint density at radius 3 is 2.39 bits per heavy atom. The standard InChI is InChI=1S/C26H44N5O4P/c1-2-3-4-5-6-7-8-9-10-11-12-13-14-15-16-17-19-35-36(32,33)23-34-20-18-31-22-30-24-25(27)28-21-29-26(24)31/h6-7,9-10,21-22H,2-5,8,11-20,23H2,1H3,(H,32,33)(H2,27,28,29)/b7-6-,10-9-. The summed E-state index contributed by atoms with van der Waals surface area (Å²) in [4.78, 5) is 22.2. The molecule has 10 heteroatoms. The van der Waals surface area contributed by atoms with Crippen molar-refractivity contribution in [3.8, 4) is 0 Å². The second-order valence-electron chi connectivity index (χ2n) is 8.96. The van der Waals surface area contributed by atoms with Gasteiger partial charge in [0.15, 0.2) is 11.5 Å². The number of aromatic nitrogens is 4. The first-order chi connectivity index (χ1) is 17.5. The predicted octanol–water partition coefficient (Wildman–Crippen LogP) is 6.40. The summed E-state index contributed by atoms with van der Waals surface area (Å²) in [6.07, 6.45) is 25.5. The maximum Gasteiger partial charge on any atom is 0.353 e. The second-order valence-corrected chi connectivity index (χ2v) is 10.8. The van der Waals surface area contributed by atoms with E-state index in [9.17, 15) is 9.46 Å². The first-order valence-electron chi connectivity index (χ1n) is 13.3. The average molecular weight is 522 g/mol. The van der Waals surface area contributed by atoms with Gasteiger partial charge in [-0.2, -0.15) is 0 Å². The van der Waals surface area contributed by atoms with E-state index in [1.165, 1.54) is 51.3 Å². The molecule has 202 valence electrons. The number of hydrogen-bond donors (Lipinski definition) is 2. The lowest BCUT2D eigenvalue weighted by atomic mass is 10.1. The van der Waals surface area contributed by atoms with Crippen molar-refractivity contribution in [3.63, 3.8) is 0 Å². The van der Waals surface area contributed by atoms with E-state index in [-0.39, 0.29) is 19.6 Å². The quantitative estimate of drug-likeness (QED) is 0.110. The van der Waals surface area contributed by atoms with Crippen LogP contribution in [0.25, 0.3) is 11.2 Å². The lowest BCUT2D eigenvalue weighted by Gasteiger charge is -2.13. The lowest BCUT2D eigenvalue weighted by molar-refractivity contribution is 0.137. The number of nitrogens with two attached hydrogens (primary N) is 1. The maximum absolute atomic E-state index is 12.1. The number of imidazole rings is 1. The van der Waals surface area contributed by atoms with Gasteiger partial charge in [0.25, 0.3) is 0 Å². The monoisotopic (exact) mass is 521 g/mol. The molecular formula is C26H44N5O4P. The minimum Gasteiger partial charge on any atom is -0.382 e. The van der Waals surface area contributed by atoms with Gasteiger partial charge >= 0.3 is 7.60 Å². The minimum absolute atomic E-state index is 0.230. The Bertz CT molecular complexity index is 963. The van der Waals surface area contributed by atoms with Crippen molar-refractivity contribution in [2.75, 3.05) is 25.3 Å². The number of hydrogen-bond acceptors (Lipinski definition) is 7. The third-order valence-corrected chi connectivity index (χ3v) is 6.89. The molecule has 2 heterocycles. The summed E-state index contributed by atoms with van der Waals surface area (Å²) in [6.45, 7) is 3.17. The minimum atomic E-state index is -3.75. The van der Waals surface area contributed by atoms with Gasteiger partial charge < -0.3 is 24.5 Å². The van der Waals surface area contributed by atoms with Crippen molar-refractivity contribution in [3.05, 3.63) is 37.0 Å². The van der Waals surface area contributed by atoms with Gasteiger partial charge in [-0.25, -0.2) is 15.0 Å². The highest BCUT2D eigenvalue weighted by Gasteiger charge is 2.19. The normalized spacial score (nSPS) is 13.8. The van der Waals surface area contributed by atoms with Gasteiger partial charge in [-0.3, -0.25) is 4.57 Å². The van der Waals surface area contributed by atoms with E-state index in [1.807, 2.05) is 0 Å². The summed E-state index contributed by atoms with van der Waals surface area (Å²) in [6, 6.07) is 0. The Balaban J connectivity index is 1.41. The molecule has 2 rings (SSSR count). The number of anilines is 1. The summed E-state index contributed by atoms with van der Waals surface area (Å²) < 4.78 is 24.4. The molecule has 9 nitrogen and oxygen atoms in total. The van der Waals surface area contributed by atoms with Crippen LogP contribution >= 0.6 is 7.60 Å². The first kappa shape index (κ1) is 30.2. The van der Waals surface area contributed by atoms with Crippen LogP contribution in [0, 0.1) is 0 Å². The molecular weight excluding hydrogens is 477 g/mol. The molecule has 0 radical (unpaired) electrons. The van der Waals surface area contributed by atoms with Crippen LogP contribution in [0.15, 0.2) is 37.0 Å². The molecule has 1 unspecified atom stereocenters. The lowest BCUT2D eigenvalue weighted by Crippen LogP contribution is -2.08. The highest BCUT2D eigenvalue weighted by molar-refractivity contribution is 7.52. The number of rotatable bonds is 21. The van der Waals surface area contributed by atoms with Crippen LogP contribution in [0.3, 0.4) is 0 Å². The van der Waals surface area contributed by atoms with E-state index >= 15 is 0 Å². The molecule has 0 aliphatic heterocycles. The zero-order chi connectivity index (χ0) is 25.9. The van der Waals surface area contributed by atoms with E-state index in [0.29, 0.717) is 23.5 Å². The fourth-order valence-electron chi connectivity index (χ4n) is 3.74. The highest BCUT2D eigenvalue weighted by Crippen LogP contribution is 2.41. The molecule has 0 aliphatic rings. The van der Waals surface area contributed by atoms with Crippen LogP contribution in [0.2, 0.25) is 0 Å². The molecule has 0 spiro atoms. The van der Waals surface area contributed by atoms with Gasteiger partial charge in [0.1, 0.15) is 18.2 Å². The van der Waals surface area contributed by atoms with Gasteiger partial charge in [-0.05, 0) is 38.5 Å². The summed E-state index contributed by atoms with van der Waals surface area (Å²) in [7, 11) is -3.75. The van der Waals surface area contributed by atoms with Gasteiger partial charge in [0, 0.05) is 6.54 Å². The SMILES string of the molecule is CCCCC/C=C\C/C=C\CCCCCCCCOP(=O)(O)COCCn1cnc2c(N)ncnc21. The van der Waals surface area contributed by atoms with E-state index in [1.54, 1.807) is 10.9 Å². The number of nitrogens with zero attached hydrogens (tertiary/aromatic N) is 4. The predicted molar refractivity (Wildman–Crippen MR) is 146 cm³/mol. The molecule has 0 saturated heterocycles. The van der Waals surface area contributed by atoms with E-state index in [2.05, 4.69) is 46.2 Å². The molecule has 2 aromatic rings. The Hall–Kier alpha value is -2.06. The first-order valence-corrected chi connectivity index (χ1v) is 15.0. The molecule has 0 bridgehead atoms. The average Bonchev–Trinajstić information content (AvgIpc) is 3.28. The van der Waals surface area contributed by atoms with Crippen LogP contribution in [0.1, 0.15) is 84.0 Å². The molecule has 0 aliphatic carbocycles. The largest absolute Gasteiger partial charge is 0.382 e. The highest BCUT2D eigenvalue weighted by atomic mass is 31.2. The topological polar surface area (TPSA) is 125 Å². The van der Waals surface area contributed by atoms with E-state index in [0.717, 1.165) is 32.1 Å². The number of fused-ring (bicyclic) bond motifs is 1. The molecule has 36 heavy (non-hydrogen) atoms. The van der Waals surface area contributed by atoms with Gasteiger partial charge in [-0.1, -0.05) is 69.8 Å².